The average Bonchev–Trinajstić information content (AvgIpc) is 2.83. The van der Waals surface area contributed by atoms with Gasteiger partial charge in [0.25, 0.3) is 0 Å². The van der Waals surface area contributed by atoms with Crippen molar-refractivity contribution in [1.82, 2.24) is 20.6 Å². The smallest absolute Gasteiger partial charge is 0.206 e. The maximum absolute atomic E-state index is 5.58. The van der Waals surface area contributed by atoms with Crippen molar-refractivity contribution in [3.8, 4) is 11.4 Å². The number of tetrazole rings is 1. The number of rotatable bonds is 3. The van der Waals surface area contributed by atoms with Gasteiger partial charge in [-0.25, -0.2) is 4.99 Å². The van der Waals surface area contributed by atoms with E-state index in [0.717, 1.165) is 5.56 Å². The van der Waals surface area contributed by atoms with Crippen LogP contribution in [0, 0.1) is 0 Å². The highest BCUT2D eigenvalue weighted by Gasteiger charge is 2.07. The van der Waals surface area contributed by atoms with Crippen molar-refractivity contribution in [3.63, 3.8) is 0 Å². The molecule has 16 heavy (non-hydrogen) atoms. The first-order valence-corrected chi connectivity index (χ1v) is 5.06. The first kappa shape index (κ1) is 10.6. The summed E-state index contributed by atoms with van der Waals surface area (Å²) in [4.78, 5) is 4.17. The van der Waals surface area contributed by atoms with Gasteiger partial charge in [0, 0.05) is 5.56 Å². The Morgan fingerprint density at radius 1 is 1.44 bits per heavy atom. The van der Waals surface area contributed by atoms with E-state index in [1.54, 1.807) is 0 Å². The third kappa shape index (κ3) is 2.17. The molecule has 0 spiro atoms. The Kier molecular flexibility index (Phi) is 3.11. The molecule has 82 valence electrons. The van der Waals surface area contributed by atoms with Crippen LogP contribution in [-0.4, -0.2) is 32.3 Å². The lowest BCUT2D eigenvalue weighted by molar-refractivity contribution is 0.881. The number of aliphatic imine (C=N–C) groups is 1. The van der Waals surface area contributed by atoms with Crippen LogP contribution < -0.4 is 5.73 Å². The minimum Gasteiger partial charge on any atom is -0.386 e. The first-order chi connectivity index (χ1) is 7.81. The van der Waals surface area contributed by atoms with Crippen LogP contribution in [0.15, 0.2) is 29.3 Å². The van der Waals surface area contributed by atoms with E-state index in [9.17, 15) is 0 Å². The van der Waals surface area contributed by atoms with Crippen LogP contribution in [0.3, 0.4) is 0 Å². The zero-order valence-corrected chi connectivity index (χ0v) is 9.02. The molecule has 0 fully saturated rings. The quantitative estimate of drug-likeness (QED) is 0.474. The Labute approximate surface area is 96.5 Å². The summed E-state index contributed by atoms with van der Waals surface area (Å²) in [5.41, 5.74) is 7.00. The fourth-order valence-corrected chi connectivity index (χ4v) is 1.28. The van der Waals surface area contributed by atoms with E-state index in [1.165, 1.54) is 0 Å². The van der Waals surface area contributed by atoms with Crippen molar-refractivity contribution in [3.05, 3.63) is 24.3 Å². The van der Waals surface area contributed by atoms with Gasteiger partial charge in [-0.3, -0.25) is 0 Å². The van der Waals surface area contributed by atoms with Crippen molar-refractivity contribution < 1.29 is 0 Å². The van der Waals surface area contributed by atoms with Gasteiger partial charge < -0.3 is 5.73 Å². The zero-order chi connectivity index (χ0) is 11.4. The lowest BCUT2D eigenvalue weighted by Crippen LogP contribution is -2.12. The van der Waals surface area contributed by atoms with Crippen molar-refractivity contribution in [2.24, 2.45) is 10.7 Å². The van der Waals surface area contributed by atoms with Crippen LogP contribution in [-0.2, 0) is 0 Å². The van der Waals surface area contributed by atoms with Crippen LogP contribution in [0.5, 0.6) is 0 Å². The van der Waals surface area contributed by atoms with Crippen LogP contribution in [0.1, 0.15) is 0 Å². The van der Waals surface area contributed by atoms with Gasteiger partial charge in [0.05, 0.1) is 11.6 Å². The van der Waals surface area contributed by atoms with E-state index in [2.05, 4.69) is 25.6 Å². The molecule has 0 radical (unpaired) electrons. The summed E-state index contributed by atoms with van der Waals surface area (Å²) in [6.45, 7) is 0. The standard InChI is InChI=1S/C9H9ClN6/c10-5-8(11)12-7-4-2-1-3-6(7)9-13-15-16-14-9/h1-4H,5H2,(H2,11,12)(H,13,14,15,16). The molecule has 3 N–H and O–H groups in total. The zero-order valence-electron chi connectivity index (χ0n) is 8.26. The molecule has 0 unspecified atom stereocenters. The minimum atomic E-state index is 0.181. The number of nitrogens with zero attached hydrogens (tertiary/aromatic N) is 4. The fourth-order valence-electron chi connectivity index (χ4n) is 1.22. The van der Waals surface area contributed by atoms with Crippen molar-refractivity contribution >= 4 is 23.1 Å². The third-order valence-corrected chi connectivity index (χ3v) is 2.17. The lowest BCUT2D eigenvalue weighted by Gasteiger charge is -2.01. The highest BCUT2D eigenvalue weighted by atomic mass is 35.5. The monoisotopic (exact) mass is 236 g/mol. The summed E-state index contributed by atoms with van der Waals surface area (Å²) in [7, 11) is 0. The van der Waals surface area contributed by atoms with E-state index < -0.39 is 0 Å². The number of hydrogen-bond acceptors (Lipinski definition) is 4. The SMILES string of the molecule is NC(CCl)=Nc1ccccc1-c1nn[nH]n1. The van der Waals surface area contributed by atoms with Crippen LogP contribution in [0.2, 0.25) is 0 Å². The maximum Gasteiger partial charge on any atom is 0.206 e. The van der Waals surface area contributed by atoms with Crippen LogP contribution in [0.25, 0.3) is 11.4 Å². The number of benzene rings is 1. The summed E-state index contributed by atoms with van der Waals surface area (Å²) in [6.07, 6.45) is 0. The number of alkyl halides is 1. The van der Waals surface area contributed by atoms with E-state index in [0.29, 0.717) is 17.3 Å². The molecule has 0 aliphatic rings. The summed E-state index contributed by atoms with van der Waals surface area (Å²) in [6, 6.07) is 7.36. The minimum absolute atomic E-state index is 0.181. The summed E-state index contributed by atoms with van der Waals surface area (Å²) in [5, 5.41) is 13.7. The fraction of sp³-hybridized carbons (Fsp3) is 0.111. The number of nitrogens with two attached hydrogens (primary N) is 1. The molecule has 0 aliphatic heterocycles. The van der Waals surface area contributed by atoms with Gasteiger partial charge in [-0.1, -0.05) is 12.1 Å². The topological polar surface area (TPSA) is 92.8 Å². The van der Waals surface area contributed by atoms with E-state index in [-0.39, 0.29) is 5.88 Å². The van der Waals surface area contributed by atoms with E-state index in [4.69, 9.17) is 17.3 Å². The Morgan fingerprint density at radius 2 is 2.25 bits per heavy atom. The summed E-state index contributed by atoms with van der Waals surface area (Å²) < 4.78 is 0. The molecule has 7 heteroatoms. The van der Waals surface area contributed by atoms with Gasteiger partial charge in [-0.2, -0.15) is 5.21 Å². The number of aromatic nitrogens is 4. The second-order valence-corrected chi connectivity index (χ2v) is 3.26. The summed E-state index contributed by atoms with van der Waals surface area (Å²) in [5.74, 6) is 1.000. The molecule has 0 amide bonds. The molecule has 6 nitrogen and oxygen atoms in total. The number of hydrogen-bond donors (Lipinski definition) is 2. The Balaban J connectivity index is 2.47. The van der Waals surface area contributed by atoms with Crippen molar-refractivity contribution in [2.45, 2.75) is 0 Å². The van der Waals surface area contributed by atoms with Crippen molar-refractivity contribution in [2.75, 3.05) is 5.88 Å². The van der Waals surface area contributed by atoms with Gasteiger partial charge in [0.1, 0.15) is 5.84 Å². The molecule has 2 rings (SSSR count). The van der Waals surface area contributed by atoms with Gasteiger partial charge in [0.2, 0.25) is 5.82 Å². The highest BCUT2D eigenvalue weighted by Crippen LogP contribution is 2.26. The second-order valence-electron chi connectivity index (χ2n) is 2.99. The molecule has 0 atom stereocenters. The molecular formula is C9H9ClN6. The van der Waals surface area contributed by atoms with E-state index in [1.807, 2.05) is 24.3 Å². The molecule has 2 aromatic rings. The van der Waals surface area contributed by atoms with Crippen LogP contribution in [0.4, 0.5) is 5.69 Å². The Morgan fingerprint density at radius 3 is 2.94 bits per heavy atom. The van der Waals surface area contributed by atoms with Gasteiger partial charge in [-0.05, 0) is 17.3 Å². The molecule has 1 aromatic carbocycles. The molecule has 1 heterocycles. The van der Waals surface area contributed by atoms with Crippen LogP contribution >= 0.6 is 11.6 Å². The number of halogens is 1. The number of aromatic amines is 1. The molecule has 0 aliphatic carbocycles. The van der Waals surface area contributed by atoms with Gasteiger partial charge in [0.15, 0.2) is 0 Å². The normalized spacial score (nSPS) is 11.7. The largest absolute Gasteiger partial charge is 0.386 e. The molecule has 0 saturated carbocycles. The predicted molar refractivity (Wildman–Crippen MR) is 61.6 cm³/mol. The maximum atomic E-state index is 5.58. The first-order valence-electron chi connectivity index (χ1n) is 4.53. The average molecular weight is 237 g/mol. The number of amidine groups is 1. The Bertz CT molecular complexity index is 492. The number of H-pyrrole nitrogens is 1. The Hall–Kier alpha value is -1.95. The highest BCUT2D eigenvalue weighted by molar-refractivity contribution is 6.28. The number of para-hydroxylation sites is 1. The second kappa shape index (κ2) is 4.71. The molecule has 0 saturated heterocycles. The molecular weight excluding hydrogens is 228 g/mol. The van der Waals surface area contributed by atoms with Crippen molar-refractivity contribution in [1.29, 1.82) is 0 Å². The predicted octanol–water partition coefficient (Wildman–Crippen LogP) is 1.09. The van der Waals surface area contributed by atoms with E-state index >= 15 is 0 Å². The lowest BCUT2D eigenvalue weighted by atomic mass is 10.2. The summed E-state index contributed by atoms with van der Waals surface area (Å²) >= 11 is 5.57. The number of nitrogens with one attached hydrogen (secondary N) is 1. The molecule has 0 bridgehead atoms. The third-order valence-electron chi connectivity index (χ3n) is 1.89. The molecule has 1 aromatic heterocycles. The van der Waals surface area contributed by atoms with Gasteiger partial charge >= 0.3 is 0 Å². The van der Waals surface area contributed by atoms with Gasteiger partial charge in [-0.15, -0.1) is 21.8 Å².